The molecule has 2 heteroatoms. The molecular formula is C13H22O2. The SMILES string of the molecule is CC(C)(C)C#CCOCC(=O)C(C)(C)C. The van der Waals surface area contributed by atoms with Gasteiger partial charge in [-0.15, -0.1) is 0 Å². The van der Waals surface area contributed by atoms with Gasteiger partial charge in [0.1, 0.15) is 13.2 Å². The van der Waals surface area contributed by atoms with E-state index in [9.17, 15) is 4.79 Å². The van der Waals surface area contributed by atoms with Gasteiger partial charge in [0, 0.05) is 10.8 Å². The van der Waals surface area contributed by atoms with Crippen molar-refractivity contribution >= 4 is 5.78 Å². The van der Waals surface area contributed by atoms with E-state index >= 15 is 0 Å². The Morgan fingerprint density at radius 1 is 1.13 bits per heavy atom. The molecule has 0 spiro atoms. The number of hydrogen-bond acceptors (Lipinski definition) is 2. The zero-order valence-corrected chi connectivity index (χ0v) is 10.7. The molecule has 86 valence electrons. The molecule has 2 nitrogen and oxygen atoms in total. The van der Waals surface area contributed by atoms with Gasteiger partial charge in [0.25, 0.3) is 0 Å². The van der Waals surface area contributed by atoms with Crippen LogP contribution in [0, 0.1) is 22.7 Å². The van der Waals surface area contributed by atoms with Crippen LogP contribution in [0.4, 0.5) is 0 Å². The molecule has 0 aromatic carbocycles. The Morgan fingerprint density at radius 2 is 1.67 bits per heavy atom. The van der Waals surface area contributed by atoms with E-state index in [0.717, 1.165) is 0 Å². The zero-order chi connectivity index (χ0) is 12.1. The van der Waals surface area contributed by atoms with Gasteiger partial charge in [-0.2, -0.15) is 0 Å². The fraction of sp³-hybridized carbons (Fsp3) is 0.769. The normalized spacial score (nSPS) is 11.9. The molecule has 0 unspecified atom stereocenters. The minimum Gasteiger partial charge on any atom is -0.361 e. The first-order valence-corrected chi connectivity index (χ1v) is 5.24. The molecule has 0 amide bonds. The minimum absolute atomic E-state index is 0.00258. The molecule has 0 aliphatic carbocycles. The van der Waals surface area contributed by atoms with E-state index in [1.54, 1.807) is 0 Å². The molecule has 0 saturated heterocycles. The molecule has 0 aromatic rings. The molecule has 0 atom stereocenters. The highest BCUT2D eigenvalue weighted by atomic mass is 16.5. The summed E-state index contributed by atoms with van der Waals surface area (Å²) >= 11 is 0. The third kappa shape index (κ3) is 8.20. The smallest absolute Gasteiger partial charge is 0.163 e. The summed E-state index contributed by atoms with van der Waals surface area (Å²) in [6.07, 6.45) is 0. The van der Waals surface area contributed by atoms with Crippen molar-refractivity contribution < 1.29 is 9.53 Å². The first-order valence-electron chi connectivity index (χ1n) is 5.24. The van der Waals surface area contributed by atoms with Crippen molar-refractivity contribution in [1.82, 2.24) is 0 Å². The third-order valence-electron chi connectivity index (χ3n) is 1.71. The highest BCUT2D eigenvalue weighted by molar-refractivity contribution is 5.84. The summed E-state index contributed by atoms with van der Waals surface area (Å²) in [5.74, 6) is 6.07. The number of carbonyl (C=O) groups excluding carboxylic acids is 1. The van der Waals surface area contributed by atoms with Crippen LogP contribution < -0.4 is 0 Å². The maximum absolute atomic E-state index is 11.5. The standard InChI is InChI=1S/C13H22O2/c1-12(2,3)8-7-9-15-10-11(14)13(4,5)6/h9-10H2,1-6H3. The van der Waals surface area contributed by atoms with Gasteiger partial charge < -0.3 is 4.74 Å². The van der Waals surface area contributed by atoms with Crippen LogP contribution in [0.15, 0.2) is 0 Å². The largest absolute Gasteiger partial charge is 0.361 e. The van der Waals surface area contributed by atoms with Crippen LogP contribution in [0.3, 0.4) is 0 Å². The lowest BCUT2D eigenvalue weighted by molar-refractivity contribution is -0.130. The predicted molar refractivity (Wildman–Crippen MR) is 62.5 cm³/mol. The van der Waals surface area contributed by atoms with Gasteiger partial charge in [-0.1, -0.05) is 32.6 Å². The number of ketones is 1. The van der Waals surface area contributed by atoms with Crippen molar-refractivity contribution in [2.24, 2.45) is 10.8 Å². The molecule has 0 N–H and O–H groups in total. The number of ether oxygens (including phenoxy) is 1. The Labute approximate surface area is 93.4 Å². The Morgan fingerprint density at radius 3 is 2.07 bits per heavy atom. The summed E-state index contributed by atoms with van der Waals surface area (Å²) in [6, 6.07) is 0. The van der Waals surface area contributed by atoms with E-state index in [4.69, 9.17) is 4.74 Å². The number of Topliss-reactive ketones (excluding diaryl/α,β-unsaturated/α-hetero) is 1. The van der Waals surface area contributed by atoms with E-state index in [-0.39, 0.29) is 23.2 Å². The molecule has 0 aliphatic heterocycles. The second-order valence-electron chi connectivity index (χ2n) is 5.72. The lowest BCUT2D eigenvalue weighted by atomic mass is 9.91. The first kappa shape index (κ1) is 14.2. The second kappa shape index (κ2) is 5.32. The Hall–Kier alpha value is -0.810. The maximum Gasteiger partial charge on any atom is 0.163 e. The fourth-order valence-corrected chi connectivity index (χ4v) is 0.713. The van der Waals surface area contributed by atoms with Crippen molar-refractivity contribution in [3.8, 4) is 11.8 Å². The first-order chi connectivity index (χ1) is 6.63. The number of hydrogen-bond donors (Lipinski definition) is 0. The number of rotatable bonds is 3. The summed E-state index contributed by atoms with van der Waals surface area (Å²) < 4.78 is 5.19. The average Bonchev–Trinajstić information content (AvgIpc) is 1.99. The molecule has 0 fully saturated rings. The van der Waals surface area contributed by atoms with Gasteiger partial charge in [-0.05, 0) is 20.8 Å². The third-order valence-corrected chi connectivity index (χ3v) is 1.71. The molecule has 0 rings (SSSR count). The van der Waals surface area contributed by atoms with Crippen LogP contribution in [-0.2, 0) is 9.53 Å². The highest BCUT2D eigenvalue weighted by Gasteiger charge is 2.20. The lowest BCUT2D eigenvalue weighted by Crippen LogP contribution is -2.25. The molecule has 0 saturated carbocycles. The fourth-order valence-electron chi connectivity index (χ4n) is 0.713. The Kier molecular flexibility index (Phi) is 5.03. The second-order valence-corrected chi connectivity index (χ2v) is 5.72. The van der Waals surface area contributed by atoms with Crippen molar-refractivity contribution in [1.29, 1.82) is 0 Å². The van der Waals surface area contributed by atoms with Gasteiger partial charge in [0.15, 0.2) is 5.78 Å². The summed E-state index contributed by atoms with van der Waals surface area (Å²) in [6.45, 7) is 12.3. The minimum atomic E-state index is -0.322. The number of carbonyl (C=O) groups is 1. The summed E-state index contributed by atoms with van der Waals surface area (Å²) in [7, 11) is 0. The van der Waals surface area contributed by atoms with Gasteiger partial charge >= 0.3 is 0 Å². The van der Waals surface area contributed by atoms with Gasteiger partial charge in [0.05, 0.1) is 0 Å². The predicted octanol–water partition coefficient (Wildman–Crippen LogP) is 2.67. The Balaban J connectivity index is 3.82. The van der Waals surface area contributed by atoms with Crippen molar-refractivity contribution in [3.05, 3.63) is 0 Å². The topological polar surface area (TPSA) is 26.3 Å². The Bertz CT molecular complexity index is 266. The lowest BCUT2D eigenvalue weighted by Gasteiger charge is -2.15. The van der Waals surface area contributed by atoms with Crippen LogP contribution in [0.1, 0.15) is 41.5 Å². The van der Waals surface area contributed by atoms with Crippen molar-refractivity contribution in [2.45, 2.75) is 41.5 Å². The van der Waals surface area contributed by atoms with Crippen LogP contribution in [0.5, 0.6) is 0 Å². The molecule has 0 aromatic heterocycles. The van der Waals surface area contributed by atoms with Gasteiger partial charge in [-0.25, -0.2) is 0 Å². The van der Waals surface area contributed by atoms with Gasteiger partial charge in [0.2, 0.25) is 0 Å². The molecular weight excluding hydrogens is 188 g/mol. The van der Waals surface area contributed by atoms with E-state index in [1.165, 1.54) is 0 Å². The molecule has 0 bridgehead atoms. The maximum atomic E-state index is 11.5. The van der Waals surface area contributed by atoms with E-state index in [0.29, 0.717) is 6.61 Å². The molecule has 0 radical (unpaired) electrons. The van der Waals surface area contributed by atoms with Crippen molar-refractivity contribution in [3.63, 3.8) is 0 Å². The van der Waals surface area contributed by atoms with E-state index in [1.807, 2.05) is 41.5 Å². The van der Waals surface area contributed by atoms with E-state index in [2.05, 4.69) is 11.8 Å². The van der Waals surface area contributed by atoms with E-state index < -0.39 is 0 Å². The monoisotopic (exact) mass is 210 g/mol. The zero-order valence-electron chi connectivity index (χ0n) is 10.7. The molecule has 0 aliphatic rings. The highest BCUT2D eigenvalue weighted by Crippen LogP contribution is 2.14. The van der Waals surface area contributed by atoms with Crippen molar-refractivity contribution in [2.75, 3.05) is 13.2 Å². The summed E-state index contributed by atoms with van der Waals surface area (Å²) in [4.78, 5) is 11.5. The average molecular weight is 210 g/mol. The van der Waals surface area contributed by atoms with Crippen LogP contribution in [-0.4, -0.2) is 19.0 Å². The molecule has 0 heterocycles. The van der Waals surface area contributed by atoms with Crippen LogP contribution >= 0.6 is 0 Å². The van der Waals surface area contributed by atoms with Crippen LogP contribution in [0.25, 0.3) is 0 Å². The summed E-state index contributed by atoms with van der Waals surface area (Å²) in [5, 5.41) is 0. The quantitative estimate of drug-likeness (QED) is 0.529. The molecule has 15 heavy (non-hydrogen) atoms. The summed E-state index contributed by atoms with van der Waals surface area (Å²) in [5.41, 5.74) is -0.325. The van der Waals surface area contributed by atoms with Crippen LogP contribution in [0.2, 0.25) is 0 Å². The van der Waals surface area contributed by atoms with Gasteiger partial charge in [-0.3, -0.25) is 4.79 Å².